The van der Waals surface area contributed by atoms with E-state index in [-0.39, 0.29) is 5.38 Å². The average molecular weight is 297 g/mol. The van der Waals surface area contributed by atoms with Gasteiger partial charge in [-0.05, 0) is 43.6 Å². The first-order chi connectivity index (χ1) is 9.63. The molecule has 0 fully saturated rings. The van der Waals surface area contributed by atoms with E-state index in [2.05, 4.69) is 23.7 Å². The number of rotatable bonds is 7. The van der Waals surface area contributed by atoms with E-state index < -0.39 is 5.76 Å². The zero-order chi connectivity index (χ0) is 14.5. The lowest BCUT2D eigenvalue weighted by Crippen LogP contribution is -2.28. The third-order valence-electron chi connectivity index (χ3n) is 3.30. The first-order valence-electron chi connectivity index (χ1n) is 7.13. The zero-order valence-electron chi connectivity index (χ0n) is 12.0. The van der Waals surface area contributed by atoms with Crippen LogP contribution in [0.4, 0.5) is 0 Å². The topological polar surface area (TPSA) is 49.2 Å². The summed E-state index contributed by atoms with van der Waals surface area (Å²) in [7, 11) is 0. The third-order valence-corrected chi connectivity index (χ3v) is 3.69. The Kier molecular flexibility index (Phi) is 5.26. The van der Waals surface area contributed by atoms with Gasteiger partial charge < -0.3 is 9.32 Å². The highest BCUT2D eigenvalue weighted by atomic mass is 35.5. The van der Waals surface area contributed by atoms with Gasteiger partial charge in [0.15, 0.2) is 5.58 Å². The first kappa shape index (κ1) is 15.1. The summed E-state index contributed by atoms with van der Waals surface area (Å²) in [5.74, 6) is -0.429. The molecule has 0 spiro atoms. The monoisotopic (exact) mass is 296 g/mol. The van der Waals surface area contributed by atoms with Crippen molar-refractivity contribution >= 4 is 22.7 Å². The van der Waals surface area contributed by atoms with Crippen LogP contribution in [0.1, 0.15) is 37.6 Å². The number of aromatic amines is 1. The molecule has 1 heterocycles. The van der Waals surface area contributed by atoms with Crippen LogP contribution in [0.3, 0.4) is 0 Å². The smallest absolute Gasteiger partial charge is 0.408 e. The lowest BCUT2D eigenvalue weighted by atomic mass is 10.1. The van der Waals surface area contributed by atoms with Crippen LogP contribution in [0.5, 0.6) is 0 Å². The lowest BCUT2D eigenvalue weighted by Gasteiger charge is -2.23. The fraction of sp³-hybridized carbons (Fsp3) is 0.533. The first-order valence-corrected chi connectivity index (χ1v) is 7.56. The highest BCUT2D eigenvalue weighted by Gasteiger charge is 2.14. The molecule has 110 valence electrons. The molecular weight excluding hydrogens is 276 g/mol. The number of H-pyrrole nitrogens is 1. The standard InChI is InChI=1S/C15H21ClN2O2/c1-3-7-18(8-4-2)10-12(16)11-5-6-13-14(9-11)20-15(19)17-13/h5-6,9,12H,3-4,7-8,10H2,1-2H3,(H,17,19). The van der Waals surface area contributed by atoms with E-state index in [1.165, 1.54) is 0 Å². The summed E-state index contributed by atoms with van der Waals surface area (Å²) < 4.78 is 5.08. The van der Waals surface area contributed by atoms with Gasteiger partial charge in [-0.2, -0.15) is 0 Å². The second kappa shape index (κ2) is 6.95. The maximum Gasteiger partial charge on any atom is 0.417 e. The van der Waals surface area contributed by atoms with Gasteiger partial charge in [0.05, 0.1) is 10.9 Å². The van der Waals surface area contributed by atoms with Gasteiger partial charge in [-0.3, -0.25) is 4.98 Å². The largest absolute Gasteiger partial charge is 0.417 e. The SMILES string of the molecule is CCCN(CCC)CC(Cl)c1ccc2[nH]c(=O)oc2c1. The van der Waals surface area contributed by atoms with Gasteiger partial charge in [0, 0.05) is 6.54 Å². The van der Waals surface area contributed by atoms with Gasteiger partial charge in [-0.15, -0.1) is 11.6 Å². The van der Waals surface area contributed by atoms with Crippen LogP contribution >= 0.6 is 11.6 Å². The van der Waals surface area contributed by atoms with E-state index in [0.29, 0.717) is 11.1 Å². The van der Waals surface area contributed by atoms with Crippen LogP contribution in [-0.2, 0) is 0 Å². The second-order valence-corrected chi connectivity index (χ2v) is 5.57. The minimum Gasteiger partial charge on any atom is -0.408 e. The van der Waals surface area contributed by atoms with Gasteiger partial charge in [-0.25, -0.2) is 4.79 Å². The minimum absolute atomic E-state index is 0.0993. The normalized spacial score (nSPS) is 13.2. The van der Waals surface area contributed by atoms with E-state index in [1.54, 1.807) is 0 Å². The van der Waals surface area contributed by atoms with Crippen LogP contribution in [0, 0.1) is 0 Å². The molecule has 0 aliphatic rings. The van der Waals surface area contributed by atoms with Crippen molar-refractivity contribution in [2.75, 3.05) is 19.6 Å². The molecule has 0 radical (unpaired) electrons. The highest BCUT2D eigenvalue weighted by molar-refractivity contribution is 6.21. The van der Waals surface area contributed by atoms with Gasteiger partial charge in [-0.1, -0.05) is 19.9 Å². The Hall–Kier alpha value is -1.26. The number of nitrogens with zero attached hydrogens (tertiary/aromatic N) is 1. The Labute approximate surface area is 123 Å². The molecule has 2 rings (SSSR count). The molecule has 1 N–H and O–H groups in total. The summed E-state index contributed by atoms with van der Waals surface area (Å²) in [6.45, 7) is 7.26. The molecule has 1 atom stereocenters. The van der Waals surface area contributed by atoms with E-state index in [9.17, 15) is 4.79 Å². The molecule has 0 saturated carbocycles. The van der Waals surface area contributed by atoms with Crippen LogP contribution < -0.4 is 5.76 Å². The molecule has 4 nitrogen and oxygen atoms in total. The molecular formula is C15H21ClN2O2. The van der Waals surface area contributed by atoms with Gasteiger partial charge in [0.1, 0.15) is 0 Å². The van der Waals surface area contributed by atoms with Gasteiger partial charge >= 0.3 is 5.76 Å². The number of hydrogen-bond donors (Lipinski definition) is 1. The highest BCUT2D eigenvalue weighted by Crippen LogP contribution is 2.24. The van der Waals surface area contributed by atoms with Crippen molar-refractivity contribution in [1.29, 1.82) is 0 Å². The van der Waals surface area contributed by atoms with Crippen molar-refractivity contribution < 1.29 is 4.42 Å². The Balaban J connectivity index is 2.12. The molecule has 1 aromatic carbocycles. The lowest BCUT2D eigenvalue weighted by molar-refractivity contribution is 0.275. The Morgan fingerprint density at radius 3 is 2.65 bits per heavy atom. The minimum atomic E-state index is -0.429. The molecule has 1 aromatic heterocycles. The van der Waals surface area contributed by atoms with Crippen LogP contribution in [0.25, 0.3) is 11.1 Å². The Morgan fingerprint density at radius 2 is 2.00 bits per heavy atom. The summed E-state index contributed by atoms with van der Waals surface area (Å²) in [4.78, 5) is 16.2. The summed E-state index contributed by atoms with van der Waals surface area (Å²) >= 11 is 6.51. The van der Waals surface area contributed by atoms with Crippen LogP contribution in [-0.4, -0.2) is 29.5 Å². The maximum absolute atomic E-state index is 11.2. The van der Waals surface area contributed by atoms with Crippen LogP contribution in [0.15, 0.2) is 27.4 Å². The zero-order valence-corrected chi connectivity index (χ0v) is 12.7. The third kappa shape index (κ3) is 3.64. The van der Waals surface area contributed by atoms with Crippen molar-refractivity contribution in [2.24, 2.45) is 0 Å². The molecule has 2 aromatic rings. The maximum atomic E-state index is 11.2. The number of hydrogen-bond acceptors (Lipinski definition) is 3. The molecule has 0 aliphatic carbocycles. The molecule has 20 heavy (non-hydrogen) atoms. The average Bonchev–Trinajstić information content (AvgIpc) is 2.78. The molecule has 0 saturated heterocycles. The number of fused-ring (bicyclic) bond motifs is 1. The van der Waals surface area contributed by atoms with Gasteiger partial charge in [0.2, 0.25) is 0 Å². The van der Waals surface area contributed by atoms with Crippen molar-refractivity contribution in [3.8, 4) is 0 Å². The number of oxazole rings is 1. The second-order valence-electron chi connectivity index (χ2n) is 5.04. The Morgan fingerprint density at radius 1 is 1.30 bits per heavy atom. The van der Waals surface area contributed by atoms with E-state index in [0.717, 1.165) is 38.0 Å². The predicted molar refractivity (Wildman–Crippen MR) is 82.5 cm³/mol. The summed E-state index contributed by atoms with van der Waals surface area (Å²) in [6.07, 6.45) is 2.24. The van der Waals surface area contributed by atoms with Gasteiger partial charge in [0.25, 0.3) is 0 Å². The summed E-state index contributed by atoms with van der Waals surface area (Å²) in [6, 6.07) is 5.64. The van der Waals surface area contributed by atoms with Crippen molar-refractivity contribution in [2.45, 2.75) is 32.1 Å². The summed E-state index contributed by atoms with van der Waals surface area (Å²) in [5.41, 5.74) is 2.26. The molecule has 5 heteroatoms. The van der Waals surface area contributed by atoms with E-state index in [4.69, 9.17) is 16.0 Å². The number of nitrogens with one attached hydrogen (secondary N) is 1. The fourth-order valence-electron chi connectivity index (χ4n) is 2.42. The number of halogens is 1. The number of aromatic nitrogens is 1. The Bertz CT molecular complexity index is 599. The van der Waals surface area contributed by atoms with Crippen molar-refractivity contribution in [3.63, 3.8) is 0 Å². The number of alkyl halides is 1. The molecule has 1 unspecified atom stereocenters. The van der Waals surface area contributed by atoms with Crippen molar-refractivity contribution in [1.82, 2.24) is 9.88 Å². The summed E-state index contributed by atoms with van der Waals surface area (Å²) in [5, 5.41) is -0.0993. The molecule has 0 aliphatic heterocycles. The number of benzene rings is 1. The predicted octanol–water partition coefficient (Wildman–Crippen LogP) is 3.52. The fourth-order valence-corrected chi connectivity index (χ4v) is 2.75. The van der Waals surface area contributed by atoms with Crippen LogP contribution in [0.2, 0.25) is 0 Å². The molecule has 0 bridgehead atoms. The van der Waals surface area contributed by atoms with E-state index in [1.807, 2.05) is 18.2 Å². The van der Waals surface area contributed by atoms with Crippen molar-refractivity contribution in [3.05, 3.63) is 34.3 Å². The molecule has 0 amide bonds. The quantitative estimate of drug-likeness (QED) is 0.795. The van der Waals surface area contributed by atoms with E-state index >= 15 is 0 Å².